The van der Waals surface area contributed by atoms with Gasteiger partial charge in [0.25, 0.3) is 0 Å². The molecule has 0 unspecified atom stereocenters. The Kier molecular flexibility index (Phi) is 9.17. The van der Waals surface area contributed by atoms with Crippen LogP contribution in [0.3, 0.4) is 0 Å². The number of ether oxygens (including phenoxy) is 4. The summed E-state index contributed by atoms with van der Waals surface area (Å²) < 4.78 is 23.6. The molecule has 0 spiro atoms. The fourth-order valence-electron chi connectivity index (χ4n) is 7.48. The number of aromatic nitrogens is 2. The molecule has 1 aliphatic carbocycles. The fraction of sp³-hybridized carbons (Fsp3) is 0.676. The topological polar surface area (TPSA) is 129 Å². The monoisotopic (exact) mass is 622 g/mol. The number of ketones is 1. The summed E-state index contributed by atoms with van der Waals surface area (Å²) >= 11 is 0. The normalized spacial score (nSPS) is 30.5. The van der Waals surface area contributed by atoms with Crippen LogP contribution in [0.2, 0.25) is 0 Å². The number of Topliss-reactive ketones (excluding diaryl/α,β-unsaturated/α-hetero) is 1. The van der Waals surface area contributed by atoms with Crippen molar-refractivity contribution in [1.82, 2.24) is 20.2 Å². The molecule has 2 saturated heterocycles. The van der Waals surface area contributed by atoms with Crippen LogP contribution in [0.25, 0.3) is 11.0 Å². The third-order valence-corrected chi connectivity index (χ3v) is 10.4. The van der Waals surface area contributed by atoms with Crippen molar-refractivity contribution < 1.29 is 33.3 Å². The number of amides is 2. The Morgan fingerprint density at radius 2 is 1.89 bits per heavy atom. The van der Waals surface area contributed by atoms with Crippen molar-refractivity contribution in [3.05, 3.63) is 23.9 Å². The number of hydrogen-bond donors (Lipinski definition) is 1. The van der Waals surface area contributed by atoms with Gasteiger partial charge in [0.2, 0.25) is 11.8 Å². The van der Waals surface area contributed by atoms with Crippen LogP contribution in [-0.4, -0.2) is 83.8 Å². The number of alkyl carbamates (subject to hydrolysis) is 1. The summed E-state index contributed by atoms with van der Waals surface area (Å²) in [5.41, 5.74) is 1.64. The molecule has 2 amide bonds. The first kappa shape index (κ1) is 31.5. The number of carbonyl (C=O) groups is 3. The quantitative estimate of drug-likeness (QED) is 0.519. The van der Waals surface area contributed by atoms with Gasteiger partial charge in [-0.25, -0.2) is 14.8 Å². The van der Waals surface area contributed by atoms with Gasteiger partial charge >= 0.3 is 6.09 Å². The molecule has 11 heteroatoms. The standard InChI is InChI=1S/C34H46N4O7/c1-5-23-28-19-38(29(23)20(2)39)32(40)30(34(3)13-15-43-16-14-34)37-33(41)45-27-17-21(27)9-7-6-8-10-25-31(44-28)36-26-18-22(42-4)11-12-24(26)35-25/h11-12,18,21,23,27-30H,5-10,13-17,19H2,1-4H3,(H,37,41)/t21-,23-,27-,28+,29-,30-/m1/s1. The van der Waals surface area contributed by atoms with Gasteiger partial charge in [-0.2, -0.15) is 0 Å². The van der Waals surface area contributed by atoms with E-state index in [9.17, 15) is 14.4 Å². The van der Waals surface area contributed by atoms with E-state index in [4.69, 9.17) is 28.9 Å². The van der Waals surface area contributed by atoms with E-state index in [0.717, 1.165) is 43.3 Å². The molecule has 6 atom stereocenters. The highest BCUT2D eigenvalue weighted by Gasteiger charge is 2.52. The molecule has 3 aliphatic heterocycles. The Balaban J connectivity index is 1.38. The van der Waals surface area contributed by atoms with Crippen molar-refractivity contribution in [3.8, 4) is 11.6 Å². The molecule has 6 rings (SSSR count). The number of methoxy groups -OCH3 is 1. The van der Waals surface area contributed by atoms with Crippen LogP contribution in [0.5, 0.6) is 11.6 Å². The fourth-order valence-corrected chi connectivity index (χ4v) is 7.48. The molecule has 244 valence electrons. The molecule has 4 heterocycles. The summed E-state index contributed by atoms with van der Waals surface area (Å²) in [7, 11) is 1.61. The molecule has 1 saturated carbocycles. The molecule has 2 bridgehead atoms. The van der Waals surface area contributed by atoms with Gasteiger partial charge in [-0.1, -0.05) is 26.7 Å². The summed E-state index contributed by atoms with van der Waals surface area (Å²) in [4.78, 5) is 52.6. The number of carbonyl (C=O) groups excluding carboxylic acids is 3. The molecule has 4 aliphatic rings. The van der Waals surface area contributed by atoms with Crippen molar-refractivity contribution in [2.75, 3.05) is 26.9 Å². The average Bonchev–Trinajstić information content (AvgIpc) is 3.65. The zero-order valence-corrected chi connectivity index (χ0v) is 26.9. The maximum Gasteiger partial charge on any atom is 0.408 e. The predicted octanol–water partition coefficient (Wildman–Crippen LogP) is 4.63. The van der Waals surface area contributed by atoms with E-state index in [0.29, 0.717) is 62.0 Å². The van der Waals surface area contributed by atoms with E-state index in [1.807, 2.05) is 32.0 Å². The van der Waals surface area contributed by atoms with Gasteiger partial charge in [0, 0.05) is 30.6 Å². The van der Waals surface area contributed by atoms with E-state index in [1.54, 1.807) is 12.0 Å². The van der Waals surface area contributed by atoms with Gasteiger partial charge in [0.15, 0.2) is 5.78 Å². The van der Waals surface area contributed by atoms with Crippen LogP contribution in [0.15, 0.2) is 18.2 Å². The summed E-state index contributed by atoms with van der Waals surface area (Å²) in [6.07, 6.45) is 6.11. The molecule has 2 aromatic rings. The molecule has 0 radical (unpaired) electrons. The van der Waals surface area contributed by atoms with Gasteiger partial charge in [-0.3, -0.25) is 9.59 Å². The average molecular weight is 623 g/mol. The molecular weight excluding hydrogens is 576 g/mol. The van der Waals surface area contributed by atoms with Crippen molar-refractivity contribution in [2.45, 2.75) is 103 Å². The molecule has 1 N–H and O–H groups in total. The van der Waals surface area contributed by atoms with E-state index < -0.39 is 29.7 Å². The minimum Gasteiger partial charge on any atom is -0.497 e. The van der Waals surface area contributed by atoms with Gasteiger partial charge in [0.05, 0.1) is 30.7 Å². The Morgan fingerprint density at radius 3 is 2.62 bits per heavy atom. The highest BCUT2D eigenvalue weighted by Crippen LogP contribution is 2.41. The Labute approximate surface area is 264 Å². The first-order valence-electron chi connectivity index (χ1n) is 16.6. The van der Waals surface area contributed by atoms with E-state index in [2.05, 4.69) is 5.32 Å². The van der Waals surface area contributed by atoms with Crippen LogP contribution in [0.1, 0.15) is 77.8 Å². The van der Waals surface area contributed by atoms with E-state index in [1.165, 1.54) is 6.92 Å². The lowest BCUT2D eigenvalue weighted by atomic mass is 9.75. The Morgan fingerprint density at radius 1 is 1.09 bits per heavy atom. The molecule has 1 aromatic carbocycles. The number of benzene rings is 1. The molecule has 45 heavy (non-hydrogen) atoms. The lowest BCUT2D eigenvalue weighted by molar-refractivity contribution is -0.143. The minimum absolute atomic E-state index is 0.110. The number of nitrogens with zero attached hydrogens (tertiary/aromatic N) is 3. The summed E-state index contributed by atoms with van der Waals surface area (Å²) in [6, 6.07) is 4.06. The van der Waals surface area contributed by atoms with Gasteiger partial charge in [0.1, 0.15) is 29.7 Å². The minimum atomic E-state index is -0.869. The Bertz CT molecular complexity index is 1430. The third-order valence-electron chi connectivity index (χ3n) is 10.4. The van der Waals surface area contributed by atoms with Crippen molar-refractivity contribution in [1.29, 1.82) is 0 Å². The first-order valence-corrected chi connectivity index (χ1v) is 16.6. The highest BCUT2D eigenvalue weighted by molar-refractivity contribution is 5.92. The number of rotatable bonds is 4. The van der Waals surface area contributed by atoms with Crippen LogP contribution in [-0.2, 0) is 25.5 Å². The largest absolute Gasteiger partial charge is 0.497 e. The van der Waals surface area contributed by atoms with Gasteiger partial charge < -0.3 is 29.2 Å². The zero-order valence-electron chi connectivity index (χ0n) is 26.9. The zero-order chi connectivity index (χ0) is 31.7. The lowest BCUT2D eigenvalue weighted by Crippen LogP contribution is -2.59. The summed E-state index contributed by atoms with van der Waals surface area (Å²) in [6.45, 7) is 6.74. The second-order valence-electron chi connectivity index (χ2n) is 13.5. The first-order chi connectivity index (χ1) is 21.7. The Hall–Kier alpha value is -3.47. The van der Waals surface area contributed by atoms with E-state index >= 15 is 0 Å². The highest BCUT2D eigenvalue weighted by atomic mass is 16.6. The predicted molar refractivity (Wildman–Crippen MR) is 166 cm³/mol. The maximum absolute atomic E-state index is 14.6. The SMILES string of the molecule is CC[C@@H]1[C@@H]2CN(C(=O)[C@H](C3(C)CCOCC3)NC(=O)O[C@@H]3C[C@H]3CCCCCc3nc4ccc(OC)cc4nc3O2)[C@@H]1C(C)=O. The molecule has 11 nitrogen and oxygen atoms in total. The summed E-state index contributed by atoms with van der Waals surface area (Å²) in [5.74, 6) is 0.795. The second-order valence-corrected chi connectivity index (χ2v) is 13.5. The molecular formula is C34H46N4O7. The lowest BCUT2D eigenvalue weighted by Gasteiger charge is -2.42. The number of hydrogen-bond acceptors (Lipinski definition) is 9. The van der Waals surface area contributed by atoms with Crippen LogP contribution < -0.4 is 14.8 Å². The molecule has 1 aromatic heterocycles. The smallest absolute Gasteiger partial charge is 0.408 e. The van der Waals surface area contributed by atoms with E-state index in [-0.39, 0.29) is 30.3 Å². The van der Waals surface area contributed by atoms with Crippen LogP contribution in [0, 0.1) is 17.3 Å². The second kappa shape index (κ2) is 13.1. The van der Waals surface area contributed by atoms with Gasteiger partial charge in [-0.15, -0.1) is 0 Å². The van der Waals surface area contributed by atoms with Gasteiger partial charge in [-0.05, 0) is 69.9 Å². The van der Waals surface area contributed by atoms with Crippen molar-refractivity contribution in [2.24, 2.45) is 17.3 Å². The van der Waals surface area contributed by atoms with Crippen molar-refractivity contribution >= 4 is 28.8 Å². The third kappa shape index (κ3) is 6.59. The van der Waals surface area contributed by atoms with Crippen LogP contribution in [0.4, 0.5) is 4.79 Å². The number of aryl methyl sites for hydroxylation is 1. The molecule has 3 fully saturated rings. The van der Waals surface area contributed by atoms with Crippen LogP contribution >= 0.6 is 0 Å². The number of fused-ring (bicyclic) bond motifs is 5. The number of nitrogens with one attached hydrogen (secondary N) is 1. The summed E-state index contributed by atoms with van der Waals surface area (Å²) in [5, 5.41) is 2.97. The van der Waals surface area contributed by atoms with Crippen molar-refractivity contribution in [3.63, 3.8) is 0 Å². The maximum atomic E-state index is 14.6.